The van der Waals surface area contributed by atoms with Gasteiger partial charge >= 0.3 is 5.69 Å². The minimum Gasteiger partial charge on any atom is -0.272 e. The maximum atomic E-state index is 14.7. The Morgan fingerprint density at radius 3 is 2.39 bits per heavy atom. The molecule has 7 heteroatoms. The van der Waals surface area contributed by atoms with Crippen LogP contribution in [0, 0.1) is 5.82 Å². The van der Waals surface area contributed by atoms with Crippen molar-refractivity contribution >= 4 is 23.2 Å². The topological polar surface area (TPSA) is 39.8 Å². The molecule has 1 aromatic heterocycles. The van der Waals surface area contributed by atoms with Crippen LogP contribution in [-0.4, -0.2) is 14.3 Å². The van der Waals surface area contributed by atoms with E-state index in [1.165, 1.54) is 10.7 Å². The number of hydrogen-bond donors (Lipinski definition) is 0. The molecular formula is C24H18Cl2FN3O. The van der Waals surface area contributed by atoms with E-state index in [9.17, 15) is 9.18 Å². The van der Waals surface area contributed by atoms with Crippen molar-refractivity contribution in [1.29, 1.82) is 0 Å². The monoisotopic (exact) mass is 453 g/mol. The first-order valence-electron chi connectivity index (χ1n) is 10.00. The molecule has 1 fully saturated rings. The summed E-state index contributed by atoms with van der Waals surface area (Å²) in [5.41, 5.74) is 2.53. The molecule has 4 nitrogen and oxygen atoms in total. The first kappa shape index (κ1) is 20.0. The SMILES string of the molecule is O=c1n(Cc2cc(-c3ccccc3Cl)ccc2F)nc(-c2ccc(Cl)cc2)n1C1CC1. The zero-order valence-electron chi connectivity index (χ0n) is 16.4. The van der Waals surface area contributed by atoms with Crippen LogP contribution in [0.2, 0.25) is 10.0 Å². The predicted octanol–water partition coefficient (Wildman–Crippen LogP) is 6.21. The van der Waals surface area contributed by atoms with E-state index in [0.29, 0.717) is 21.4 Å². The molecule has 5 rings (SSSR count). The van der Waals surface area contributed by atoms with Gasteiger partial charge in [0, 0.05) is 32.8 Å². The van der Waals surface area contributed by atoms with Crippen molar-refractivity contribution in [3.05, 3.63) is 98.6 Å². The van der Waals surface area contributed by atoms with Crippen LogP contribution in [0.15, 0.2) is 71.5 Å². The van der Waals surface area contributed by atoms with Crippen molar-refractivity contribution in [2.75, 3.05) is 0 Å². The van der Waals surface area contributed by atoms with E-state index >= 15 is 0 Å². The lowest BCUT2D eigenvalue weighted by atomic mass is 10.0. The highest BCUT2D eigenvalue weighted by molar-refractivity contribution is 6.33. The van der Waals surface area contributed by atoms with Crippen LogP contribution >= 0.6 is 23.2 Å². The summed E-state index contributed by atoms with van der Waals surface area (Å²) in [5, 5.41) is 5.76. The Balaban J connectivity index is 1.56. The highest BCUT2D eigenvalue weighted by Crippen LogP contribution is 2.37. The molecular weight excluding hydrogens is 436 g/mol. The Labute approximate surface area is 188 Å². The average Bonchev–Trinajstić information content (AvgIpc) is 3.55. The Morgan fingerprint density at radius 2 is 1.68 bits per heavy atom. The van der Waals surface area contributed by atoms with E-state index in [2.05, 4.69) is 5.10 Å². The van der Waals surface area contributed by atoms with Crippen LogP contribution in [0.3, 0.4) is 0 Å². The molecule has 0 unspecified atom stereocenters. The summed E-state index contributed by atoms with van der Waals surface area (Å²) in [7, 11) is 0. The van der Waals surface area contributed by atoms with E-state index in [1.54, 1.807) is 34.9 Å². The van der Waals surface area contributed by atoms with Crippen molar-refractivity contribution < 1.29 is 4.39 Å². The first-order valence-corrected chi connectivity index (χ1v) is 10.8. The van der Waals surface area contributed by atoms with Crippen molar-refractivity contribution in [3.8, 4) is 22.5 Å². The molecule has 31 heavy (non-hydrogen) atoms. The molecule has 0 aliphatic heterocycles. The van der Waals surface area contributed by atoms with Gasteiger partial charge in [-0.2, -0.15) is 0 Å². The van der Waals surface area contributed by atoms with Crippen LogP contribution in [-0.2, 0) is 6.54 Å². The third kappa shape index (κ3) is 3.91. The number of halogens is 3. The molecule has 4 aromatic rings. The first-order chi connectivity index (χ1) is 15.0. The van der Waals surface area contributed by atoms with Crippen LogP contribution in [0.1, 0.15) is 24.4 Å². The van der Waals surface area contributed by atoms with E-state index in [1.807, 2.05) is 30.3 Å². The van der Waals surface area contributed by atoms with Crippen LogP contribution < -0.4 is 5.69 Å². The zero-order chi connectivity index (χ0) is 21.5. The van der Waals surface area contributed by atoms with Gasteiger partial charge in [0.15, 0.2) is 5.82 Å². The summed E-state index contributed by atoms with van der Waals surface area (Å²) < 4.78 is 17.7. The molecule has 0 N–H and O–H groups in total. The molecule has 0 radical (unpaired) electrons. The van der Waals surface area contributed by atoms with E-state index in [-0.39, 0.29) is 18.3 Å². The Kier molecular flexibility index (Phi) is 5.16. The second-order valence-electron chi connectivity index (χ2n) is 7.66. The normalized spacial score (nSPS) is 13.5. The largest absolute Gasteiger partial charge is 0.346 e. The number of rotatable bonds is 5. The minimum atomic E-state index is -0.392. The minimum absolute atomic E-state index is 0.0310. The maximum Gasteiger partial charge on any atom is 0.346 e. The quantitative estimate of drug-likeness (QED) is 0.360. The number of nitrogens with zero attached hydrogens (tertiary/aromatic N) is 3. The fourth-order valence-electron chi connectivity index (χ4n) is 3.70. The molecule has 0 atom stereocenters. The number of benzene rings is 3. The molecule has 0 spiro atoms. The summed E-state index contributed by atoms with van der Waals surface area (Å²) >= 11 is 12.3. The summed E-state index contributed by atoms with van der Waals surface area (Å²) in [6.45, 7) is 0.0310. The molecule has 0 saturated heterocycles. The van der Waals surface area contributed by atoms with Gasteiger partial charge in [0.05, 0.1) is 6.54 Å². The molecule has 0 amide bonds. The number of aromatic nitrogens is 3. The lowest BCUT2D eigenvalue weighted by Crippen LogP contribution is -2.25. The standard InChI is InChI=1S/C24H18Cl2FN3O/c25-18-8-5-15(6-9-18)23-28-29(24(31)30(23)19-10-11-19)14-17-13-16(7-12-22(17)27)20-3-1-2-4-21(20)26/h1-9,12-13,19H,10-11,14H2. The van der Waals surface area contributed by atoms with E-state index in [4.69, 9.17) is 23.2 Å². The fourth-order valence-corrected chi connectivity index (χ4v) is 4.07. The fraction of sp³-hybridized carbons (Fsp3) is 0.167. The second kappa shape index (κ2) is 7.98. The summed E-state index contributed by atoms with van der Waals surface area (Å²) in [5.74, 6) is 0.184. The van der Waals surface area contributed by atoms with Gasteiger partial charge in [-0.25, -0.2) is 13.9 Å². The Hall–Kier alpha value is -2.89. The third-order valence-corrected chi connectivity index (χ3v) is 6.02. The van der Waals surface area contributed by atoms with Gasteiger partial charge in [-0.1, -0.05) is 47.5 Å². The maximum absolute atomic E-state index is 14.7. The van der Waals surface area contributed by atoms with Gasteiger partial charge in [-0.15, -0.1) is 5.10 Å². The van der Waals surface area contributed by atoms with Crippen molar-refractivity contribution in [3.63, 3.8) is 0 Å². The van der Waals surface area contributed by atoms with Gasteiger partial charge in [-0.3, -0.25) is 4.57 Å². The van der Waals surface area contributed by atoms with Crippen LogP contribution in [0.4, 0.5) is 4.39 Å². The Morgan fingerprint density at radius 1 is 0.968 bits per heavy atom. The third-order valence-electron chi connectivity index (χ3n) is 5.44. The van der Waals surface area contributed by atoms with E-state index in [0.717, 1.165) is 29.5 Å². The summed E-state index contributed by atoms with van der Waals surface area (Å²) in [6.07, 6.45) is 1.87. The van der Waals surface area contributed by atoms with Crippen LogP contribution in [0.5, 0.6) is 0 Å². The van der Waals surface area contributed by atoms with Gasteiger partial charge < -0.3 is 0 Å². The predicted molar refractivity (Wildman–Crippen MR) is 121 cm³/mol. The van der Waals surface area contributed by atoms with Crippen molar-refractivity contribution in [2.24, 2.45) is 0 Å². The van der Waals surface area contributed by atoms with Gasteiger partial charge in [0.1, 0.15) is 5.82 Å². The lowest BCUT2D eigenvalue weighted by Gasteiger charge is -2.08. The van der Waals surface area contributed by atoms with Gasteiger partial charge in [-0.05, 0) is 60.9 Å². The van der Waals surface area contributed by atoms with Crippen LogP contribution in [0.25, 0.3) is 22.5 Å². The lowest BCUT2D eigenvalue weighted by molar-refractivity contribution is 0.571. The molecule has 1 heterocycles. The average molecular weight is 454 g/mol. The molecule has 3 aromatic carbocycles. The smallest absolute Gasteiger partial charge is 0.272 e. The summed E-state index contributed by atoms with van der Waals surface area (Å²) in [6, 6.07) is 19.6. The molecule has 1 aliphatic rings. The van der Waals surface area contributed by atoms with E-state index < -0.39 is 5.82 Å². The van der Waals surface area contributed by atoms with Crippen molar-refractivity contribution in [2.45, 2.75) is 25.4 Å². The van der Waals surface area contributed by atoms with Crippen molar-refractivity contribution in [1.82, 2.24) is 14.3 Å². The summed E-state index contributed by atoms with van der Waals surface area (Å²) in [4.78, 5) is 13.1. The second-order valence-corrected chi connectivity index (χ2v) is 8.50. The molecule has 0 bridgehead atoms. The number of hydrogen-bond acceptors (Lipinski definition) is 2. The van der Waals surface area contributed by atoms with Gasteiger partial charge in [0.2, 0.25) is 0 Å². The molecule has 1 aliphatic carbocycles. The highest BCUT2D eigenvalue weighted by atomic mass is 35.5. The highest BCUT2D eigenvalue weighted by Gasteiger charge is 2.30. The molecule has 156 valence electrons. The Bertz CT molecular complexity index is 1320. The molecule has 1 saturated carbocycles. The van der Waals surface area contributed by atoms with Gasteiger partial charge in [0.25, 0.3) is 0 Å². The zero-order valence-corrected chi connectivity index (χ0v) is 17.9.